The Morgan fingerprint density at radius 2 is 1.24 bits per heavy atom. The van der Waals surface area contributed by atoms with E-state index in [0.29, 0.717) is 6.42 Å². The van der Waals surface area contributed by atoms with Crippen LogP contribution in [0.2, 0.25) is 0 Å². The minimum absolute atomic E-state index is 0.0143. The van der Waals surface area contributed by atoms with Gasteiger partial charge in [-0.1, -0.05) is 13.3 Å². The fourth-order valence-corrected chi connectivity index (χ4v) is 1.80. The zero-order valence-electron chi connectivity index (χ0n) is 13.8. The summed E-state index contributed by atoms with van der Waals surface area (Å²) < 4.78 is 15.1. The van der Waals surface area contributed by atoms with E-state index in [1.54, 1.807) is 41.5 Å². The van der Waals surface area contributed by atoms with Crippen LogP contribution in [0, 0.1) is 5.41 Å². The number of carbonyl (C=O) groups excluding carboxylic acids is 3. The molecular formula is C15H26O6. The molecule has 6 heteroatoms. The van der Waals surface area contributed by atoms with Gasteiger partial charge in [0.05, 0.1) is 13.2 Å². The van der Waals surface area contributed by atoms with Gasteiger partial charge in [-0.05, 0) is 41.0 Å². The maximum absolute atomic E-state index is 12.5. The van der Waals surface area contributed by atoms with Crippen LogP contribution in [-0.2, 0) is 28.6 Å². The molecule has 0 bridgehead atoms. The molecule has 0 saturated heterocycles. The van der Waals surface area contributed by atoms with Gasteiger partial charge in [0.1, 0.15) is 5.60 Å². The molecule has 0 rings (SSSR count). The molecule has 122 valence electrons. The van der Waals surface area contributed by atoms with Crippen LogP contribution in [0.5, 0.6) is 0 Å². The number of hydrogen-bond donors (Lipinski definition) is 0. The van der Waals surface area contributed by atoms with Crippen LogP contribution in [-0.4, -0.2) is 36.7 Å². The Labute approximate surface area is 126 Å². The molecular weight excluding hydrogens is 276 g/mol. The van der Waals surface area contributed by atoms with Crippen LogP contribution in [0.3, 0.4) is 0 Å². The predicted octanol–water partition coefficient (Wildman–Crippen LogP) is 2.24. The van der Waals surface area contributed by atoms with Crippen LogP contribution < -0.4 is 0 Å². The van der Waals surface area contributed by atoms with Gasteiger partial charge in [0, 0.05) is 0 Å². The Kier molecular flexibility index (Phi) is 7.39. The van der Waals surface area contributed by atoms with Gasteiger partial charge in [0.2, 0.25) is 0 Å². The highest BCUT2D eigenvalue weighted by Gasteiger charge is 2.57. The summed E-state index contributed by atoms with van der Waals surface area (Å²) in [7, 11) is 0. The first kappa shape index (κ1) is 19.4. The average Bonchev–Trinajstić information content (AvgIpc) is 2.33. The van der Waals surface area contributed by atoms with Crippen molar-refractivity contribution < 1.29 is 28.6 Å². The minimum atomic E-state index is -2.05. The van der Waals surface area contributed by atoms with Crippen LogP contribution in [0.1, 0.15) is 54.4 Å². The third-order valence-electron chi connectivity index (χ3n) is 2.62. The van der Waals surface area contributed by atoms with E-state index in [9.17, 15) is 14.4 Å². The molecule has 0 aromatic heterocycles. The number of esters is 3. The van der Waals surface area contributed by atoms with E-state index >= 15 is 0 Å². The molecule has 0 aromatic carbocycles. The summed E-state index contributed by atoms with van der Waals surface area (Å²) in [5.74, 6) is -2.76. The van der Waals surface area contributed by atoms with Crippen molar-refractivity contribution in [1.82, 2.24) is 0 Å². The fraction of sp³-hybridized carbons (Fsp3) is 0.800. The van der Waals surface area contributed by atoms with Crippen LogP contribution in [0.25, 0.3) is 0 Å². The highest BCUT2D eigenvalue weighted by molar-refractivity contribution is 6.18. The molecule has 0 aliphatic heterocycles. The second-order valence-electron chi connectivity index (χ2n) is 5.60. The maximum Gasteiger partial charge on any atom is 0.335 e. The summed E-state index contributed by atoms with van der Waals surface area (Å²) in [6.45, 7) is 10.1. The number of carbonyl (C=O) groups is 3. The van der Waals surface area contributed by atoms with E-state index in [4.69, 9.17) is 14.2 Å². The second-order valence-corrected chi connectivity index (χ2v) is 5.60. The largest absolute Gasteiger partial charge is 0.465 e. The Morgan fingerprint density at radius 1 is 0.810 bits per heavy atom. The quantitative estimate of drug-likeness (QED) is 0.408. The molecule has 0 N–H and O–H groups in total. The second kappa shape index (κ2) is 8.00. The van der Waals surface area contributed by atoms with Crippen LogP contribution in [0.15, 0.2) is 0 Å². The maximum atomic E-state index is 12.5. The number of ether oxygens (including phenoxy) is 3. The van der Waals surface area contributed by atoms with Crippen molar-refractivity contribution in [3.05, 3.63) is 0 Å². The van der Waals surface area contributed by atoms with Crippen LogP contribution in [0.4, 0.5) is 0 Å². The zero-order valence-corrected chi connectivity index (χ0v) is 13.8. The summed E-state index contributed by atoms with van der Waals surface area (Å²) in [6, 6.07) is 0. The van der Waals surface area contributed by atoms with Crippen molar-refractivity contribution in [2.24, 2.45) is 5.41 Å². The molecule has 0 spiro atoms. The smallest absolute Gasteiger partial charge is 0.335 e. The van der Waals surface area contributed by atoms with Gasteiger partial charge in [-0.15, -0.1) is 0 Å². The van der Waals surface area contributed by atoms with E-state index < -0.39 is 28.9 Å². The first-order valence-electron chi connectivity index (χ1n) is 7.23. The third-order valence-corrected chi connectivity index (χ3v) is 2.62. The predicted molar refractivity (Wildman–Crippen MR) is 76.5 cm³/mol. The van der Waals surface area contributed by atoms with E-state index in [0.717, 1.165) is 0 Å². The van der Waals surface area contributed by atoms with E-state index in [1.807, 2.05) is 0 Å². The minimum Gasteiger partial charge on any atom is -0.465 e. The SMILES string of the molecule is CCCC(C(=O)OCC)(C(=O)OCC)C(=O)OC(C)(C)C. The van der Waals surface area contributed by atoms with Crippen molar-refractivity contribution in [3.63, 3.8) is 0 Å². The first-order chi connectivity index (χ1) is 9.65. The van der Waals surface area contributed by atoms with Gasteiger partial charge >= 0.3 is 17.9 Å². The Bertz CT molecular complexity index is 362. The first-order valence-corrected chi connectivity index (χ1v) is 7.23. The summed E-state index contributed by atoms with van der Waals surface area (Å²) >= 11 is 0. The van der Waals surface area contributed by atoms with E-state index in [2.05, 4.69) is 0 Å². The highest BCUT2D eigenvalue weighted by Crippen LogP contribution is 2.32. The summed E-state index contributed by atoms with van der Waals surface area (Å²) in [6.07, 6.45) is 0.413. The van der Waals surface area contributed by atoms with Crippen molar-refractivity contribution in [1.29, 1.82) is 0 Å². The molecule has 0 amide bonds. The molecule has 0 heterocycles. The molecule has 6 nitrogen and oxygen atoms in total. The molecule has 0 aromatic rings. The average molecular weight is 302 g/mol. The van der Waals surface area contributed by atoms with E-state index in [-0.39, 0.29) is 19.6 Å². The van der Waals surface area contributed by atoms with Crippen LogP contribution >= 0.6 is 0 Å². The van der Waals surface area contributed by atoms with Crippen molar-refractivity contribution >= 4 is 17.9 Å². The topological polar surface area (TPSA) is 78.9 Å². The normalized spacial score (nSPS) is 11.7. The molecule has 0 aliphatic carbocycles. The molecule has 0 atom stereocenters. The standard InChI is InChI=1S/C15H26O6/c1-7-10-15(11(16)19-8-2,12(17)20-9-3)13(18)21-14(4,5)6/h7-10H2,1-6H3. The van der Waals surface area contributed by atoms with Gasteiger partial charge in [-0.2, -0.15) is 0 Å². The lowest BCUT2D eigenvalue weighted by Gasteiger charge is -2.30. The number of hydrogen-bond acceptors (Lipinski definition) is 6. The van der Waals surface area contributed by atoms with Gasteiger partial charge < -0.3 is 14.2 Å². The van der Waals surface area contributed by atoms with Gasteiger partial charge in [0.25, 0.3) is 5.41 Å². The molecule has 0 unspecified atom stereocenters. The highest BCUT2D eigenvalue weighted by atomic mass is 16.6. The lowest BCUT2D eigenvalue weighted by molar-refractivity contribution is -0.189. The fourth-order valence-electron chi connectivity index (χ4n) is 1.80. The molecule has 0 aliphatic rings. The summed E-state index contributed by atoms with van der Waals surface area (Å²) in [5.41, 5.74) is -2.87. The van der Waals surface area contributed by atoms with Crippen molar-refractivity contribution in [2.45, 2.75) is 60.0 Å². The Hall–Kier alpha value is -1.59. The monoisotopic (exact) mass is 302 g/mol. The molecule has 0 fully saturated rings. The number of rotatable bonds is 7. The van der Waals surface area contributed by atoms with Crippen molar-refractivity contribution in [3.8, 4) is 0 Å². The van der Waals surface area contributed by atoms with Gasteiger partial charge in [-0.25, -0.2) is 0 Å². The Balaban J connectivity index is 5.72. The zero-order chi connectivity index (χ0) is 16.7. The molecule has 0 radical (unpaired) electrons. The summed E-state index contributed by atoms with van der Waals surface area (Å²) in [4.78, 5) is 37.0. The summed E-state index contributed by atoms with van der Waals surface area (Å²) in [5, 5.41) is 0. The van der Waals surface area contributed by atoms with Gasteiger partial charge in [-0.3, -0.25) is 14.4 Å². The lowest BCUT2D eigenvalue weighted by atomic mass is 9.83. The molecule has 0 saturated carbocycles. The lowest BCUT2D eigenvalue weighted by Crippen LogP contribution is -2.51. The van der Waals surface area contributed by atoms with Gasteiger partial charge in [0.15, 0.2) is 0 Å². The molecule has 21 heavy (non-hydrogen) atoms. The van der Waals surface area contributed by atoms with Crippen molar-refractivity contribution in [2.75, 3.05) is 13.2 Å². The van der Waals surface area contributed by atoms with E-state index in [1.165, 1.54) is 0 Å². The third kappa shape index (κ3) is 5.02. The Morgan fingerprint density at radius 3 is 1.52 bits per heavy atom.